The number of nitrogens with zero attached hydrogens (tertiary/aromatic N) is 1. The zero-order valence-corrected chi connectivity index (χ0v) is 11.1. The van der Waals surface area contributed by atoms with E-state index in [0.717, 1.165) is 11.9 Å². The Morgan fingerprint density at radius 1 is 1.18 bits per heavy atom. The molecule has 3 heteroatoms. The summed E-state index contributed by atoms with van der Waals surface area (Å²) in [5.74, 6) is 0. The molecule has 0 aliphatic rings. The second-order valence-corrected chi connectivity index (χ2v) is 3.91. The van der Waals surface area contributed by atoms with Gasteiger partial charge in [-0.25, -0.2) is 0 Å². The molecule has 0 heterocycles. The van der Waals surface area contributed by atoms with Crippen LogP contribution in [-0.2, 0) is 0 Å². The van der Waals surface area contributed by atoms with E-state index in [1.54, 1.807) is 0 Å². The molecule has 0 saturated carbocycles. The summed E-state index contributed by atoms with van der Waals surface area (Å²) in [6.45, 7) is 10.1. The van der Waals surface area contributed by atoms with Gasteiger partial charge in [-0.15, -0.1) is 0 Å². The summed E-state index contributed by atoms with van der Waals surface area (Å²) in [5.41, 5.74) is 0. The van der Waals surface area contributed by atoms with Gasteiger partial charge in [-0.05, 0) is 27.7 Å². The van der Waals surface area contributed by atoms with Crippen LogP contribution in [-0.4, -0.2) is 51.9 Å². The Bertz CT molecular complexity index is 86.2. The van der Waals surface area contributed by atoms with Crippen molar-refractivity contribution in [2.24, 2.45) is 0 Å². The Morgan fingerprint density at radius 3 is 1.64 bits per heavy atom. The zero-order valence-electron chi connectivity index (χ0n) is 10.1. The molecule has 0 fully saturated rings. The molecule has 0 N–H and O–H groups in total. The van der Waals surface area contributed by atoms with Crippen molar-refractivity contribution in [3.8, 4) is 0 Å². The zero-order chi connectivity index (χ0) is 8.15. The Kier molecular flexibility index (Phi) is 10.5. The summed E-state index contributed by atoms with van der Waals surface area (Å²) >= 11 is 3.44. The Labute approximate surface area is 98.2 Å². The van der Waals surface area contributed by atoms with E-state index in [2.05, 4.69) is 48.5 Å². The summed E-state index contributed by atoms with van der Waals surface area (Å²) in [5, 5.41) is 1.07. The Balaban J connectivity index is -0.000000135. The maximum Gasteiger partial charge on any atom is 2.00 e. The summed E-state index contributed by atoms with van der Waals surface area (Å²) in [6.07, 6.45) is 0. The van der Waals surface area contributed by atoms with Crippen molar-refractivity contribution in [3.63, 3.8) is 0 Å². The van der Waals surface area contributed by atoms with Crippen LogP contribution in [0.3, 0.4) is 0 Å². The van der Waals surface area contributed by atoms with Gasteiger partial charge in [0.15, 0.2) is 0 Å². The van der Waals surface area contributed by atoms with Gasteiger partial charge in [-0.1, -0.05) is 15.9 Å². The molecule has 0 radical (unpaired) electrons. The summed E-state index contributed by atoms with van der Waals surface area (Å²) in [6, 6.07) is 1.33. The van der Waals surface area contributed by atoms with Gasteiger partial charge in [0, 0.05) is 24.0 Å². The molecule has 0 bridgehead atoms. The second kappa shape index (κ2) is 7.83. The maximum absolute atomic E-state index is 3.44. The molecule has 0 aromatic carbocycles. The average Bonchev–Trinajstić information content (AvgIpc) is 1.81. The van der Waals surface area contributed by atoms with Crippen LogP contribution in [0.1, 0.15) is 30.5 Å². The molecule has 1 nitrogen and oxygen atoms in total. The monoisotopic (exact) mass is 233 g/mol. The van der Waals surface area contributed by atoms with Crippen LogP contribution in [0.15, 0.2) is 0 Å². The van der Waals surface area contributed by atoms with E-state index < -0.39 is 0 Å². The number of hydrogen-bond acceptors (Lipinski definition) is 1. The van der Waals surface area contributed by atoms with E-state index >= 15 is 0 Å². The molecule has 0 aliphatic heterocycles. The Morgan fingerprint density at radius 2 is 1.55 bits per heavy atom. The van der Waals surface area contributed by atoms with E-state index in [4.69, 9.17) is 0 Å². The summed E-state index contributed by atoms with van der Waals surface area (Å²) in [4.78, 5) is 2.47. The molecular formula is C8H20BrMgN. The number of halogens is 1. The fourth-order valence-corrected chi connectivity index (χ4v) is 1.62. The first-order valence-corrected chi connectivity index (χ1v) is 5.03. The number of rotatable bonds is 4. The molecule has 0 unspecified atom stereocenters. The van der Waals surface area contributed by atoms with Crippen LogP contribution in [0.5, 0.6) is 0 Å². The van der Waals surface area contributed by atoms with Crippen LogP contribution in [0, 0.1) is 0 Å². The van der Waals surface area contributed by atoms with Crippen LogP contribution in [0.25, 0.3) is 0 Å². The number of alkyl halides is 1. The van der Waals surface area contributed by atoms with Crippen LogP contribution >= 0.6 is 15.9 Å². The van der Waals surface area contributed by atoms with Crippen molar-refractivity contribution in [1.29, 1.82) is 0 Å². The van der Waals surface area contributed by atoms with Crippen molar-refractivity contribution < 1.29 is 2.85 Å². The molecule has 0 atom stereocenters. The summed E-state index contributed by atoms with van der Waals surface area (Å²) < 4.78 is 0. The first-order chi connectivity index (χ1) is 4.59. The van der Waals surface area contributed by atoms with Gasteiger partial charge in [0.25, 0.3) is 0 Å². The predicted octanol–water partition coefficient (Wildman–Crippen LogP) is 2.34. The molecule has 0 aromatic heterocycles. The molecule has 0 amide bonds. The average molecular weight is 234 g/mol. The topological polar surface area (TPSA) is 3.24 Å². The van der Waals surface area contributed by atoms with Gasteiger partial charge < -0.3 is 2.85 Å². The van der Waals surface area contributed by atoms with Gasteiger partial charge >= 0.3 is 23.1 Å². The normalized spacial score (nSPS) is 10.9. The second-order valence-electron chi connectivity index (χ2n) is 3.11. The molecule has 0 saturated heterocycles. The third-order valence-electron chi connectivity index (χ3n) is 1.67. The van der Waals surface area contributed by atoms with E-state index in [1.807, 2.05) is 0 Å². The van der Waals surface area contributed by atoms with Crippen molar-refractivity contribution in [3.05, 3.63) is 0 Å². The van der Waals surface area contributed by atoms with Gasteiger partial charge in [0.1, 0.15) is 0 Å². The van der Waals surface area contributed by atoms with Gasteiger partial charge in [0.05, 0.1) is 0 Å². The minimum absolute atomic E-state index is 0. The smallest absolute Gasteiger partial charge is 1.00 e. The third-order valence-corrected chi connectivity index (χ3v) is 2.02. The van der Waals surface area contributed by atoms with Crippen molar-refractivity contribution in [2.75, 3.05) is 11.9 Å². The first-order valence-electron chi connectivity index (χ1n) is 3.91. The molecule has 66 valence electrons. The van der Waals surface area contributed by atoms with Crippen LogP contribution in [0.4, 0.5) is 0 Å². The fourth-order valence-electron chi connectivity index (χ4n) is 1.21. The van der Waals surface area contributed by atoms with Crippen molar-refractivity contribution in [2.45, 2.75) is 39.8 Å². The molecule has 0 rings (SSSR count). The minimum Gasteiger partial charge on any atom is -1.00 e. The minimum atomic E-state index is 0. The predicted molar refractivity (Wildman–Crippen MR) is 58.8 cm³/mol. The van der Waals surface area contributed by atoms with E-state index in [0.29, 0.717) is 12.1 Å². The van der Waals surface area contributed by atoms with E-state index in [9.17, 15) is 0 Å². The molecule has 11 heavy (non-hydrogen) atoms. The van der Waals surface area contributed by atoms with Crippen molar-refractivity contribution >= 4 is 39.0 Å². The van der Waals surface area contributed by atoms with Gasteiger partial charge in [0.2, 0.25) is 0 Å². The maximum atomic E-state index is 3.44. The van der Waals surface area contributed by atoms with E-state index in [1.165, 1.54) is 0 Å². The Hall–Kier alpha value is 1.21. The van der Waals surface area contributed by atoms with E-state index in [-0.39, 0.29) is 25.9 Å². The van der Waals surface area contributed by atoms with Gasteiger partial charge in [-0.2, -0.15) is 0 Å². The summed E-state index contributed by atoms with van der Waals surface area (Å²) in [7, 11) is 0. The third kappa shape index (κ3) is 6.37. The largest absolute Gasteiger partial charge is 2.00 e. The van der Waals surface area contributed by atoms with Crippen LogP contribution < -0.4 is 0 Å². The number of hydrogen-bond donors (Lipinski definition) is 0. The SMILES string of the molecule is CC(C)N(CCBr)C(C)C.[H-].[H-].[Mg+2]. The first kappa shape index (κ1) is 14.7. The molecule has 0 aromatic rings. The molecule has 0 spiro atoms. The van der Waals surface area contributed by atoms with Crippen molar-refractivity contribution in [1.82, 2.24) is 4.90 Å². The molecular weight excluding hydrogens is 214 g/mol. The quantitative estimate of drug-likeness (QED) is 0.533. The fraction of sp³-hybridized carbons (Fsp3) is 1.00. The van der Waals surface area contributed by atoms with Crippen LogP contribution in [0.2, 0.25) is 0 Å². The molecule has 0 aliphatic carbocycles. The van der Waals surface area contributed by atoms with Gasteiger partial charge in [-0.3, -0.25) is 4.90 Å². The standard InChI is InChI=1S/C8H18BrN.Mg.2H/c1-7(2)10(6-5-9)8(3)4;;;/h7-8H,5-6H2,1-4H3;;;/q;+2;2*-1.